The second kappa shape index (κ2) is 2.20. The fraction of sp³-hybridized carbons (Fsp3) is 0.250. The number of hydrogen-bond acceptors (Lipinski definition) is 3. The van der Waals surface area contributed by atoms with E-state index in [2.05, 4.69) is 15.0 Å². The van der Waals surface area contributed by atoms with Gasteiger partial charge in [-0.3, -0.25) is 0 Å². The number of aryl methyl sites for hydroxylation is 2. The van der Waals surface area contributed by atoms with E-state index in [-0.39, 0.29) is 5.88 Å². The average Bonchev–Trinajstić information content (AvgIpc) is 2.29. The smallest absolute Gasteiger partial charge is 0.241 e. The Morgan fingerprint density at radius 3 is 2.83 bits per heavy atom. The maximum absolute atomic E-state index is 9.37. The molecule has 2 rings (SSSR count). The molecular formula is C8H9N3O. The quantitative estimate of drug-likeness (QED) is 0.614. The largest absolute Gasteiger partial charge is 0.492 e. The first-order valence-corrected chi connectivity index (χ1v) is 3.70. The van der Waals surface area contributed by atoms with Crippen LogP contribution in [0.15, 0.2) is 6.07 Å². The van der Waals surface area contributed by atoms with Gasteiger partial charge in [-0.1, -0.05) is 0 Å². The monoisotopic (exact) mass is 163 g/mol. The van der Waals surface area contributed by atoms with Crippen molar-refractivity contribution in [3.05, 3.63) is 17.6 Å². The van der Waals surface area contributed by atoms with Crippen LogP contribution < -0.4 is 0 Å². The molecule has 0 saturated carbocycles. The van der Waals surface area contributed by atoms with Crippen LogP contribution in [0.5, 0.6) is 5.88 Å². The first-order valence-electron chi connectivity index (χ1n) is 3.70. The van der Waals surface area contributed by atoms with Crippen LogP contribution in [0, 0.1) is 13.8 Å². The summed E-state index contributed by atoms with van der Waals surface area (Å²) in [6.07, 6.45) is 0. The van der Waals surface area contributed by atoms with E-state index in [1.807, 2.05) is 13.0 Å². The maximum atomic E-state index is 9.37. The zero-order valence-electron chi connectivity index (χ0n) is 6.92. The van der Waals surface area contributed by atoms with E-state index in [0.717, 1.165) is 11.4 Å². The second-order valence-electron chi connectivity index (χ2n) is 2.81. The SMILES string of the molecule is Cc1cc2[nH]c(C)nc(O)c-2n1. The second-order valence-corrected chi connectivity index (χ2v) is 2.81. The first-order chi connectivity index (χ1) is 5.66. The van der Waals surface area contributed by atoms with Gasteiger partial charge in [0.2, 0.25) is 5.88 Å². The molecule has 4 nitrogen and oxygen atoms in total. The molecule has 0 aromatic heterocycles. The number of fused-ring (bicyclic) bond motifs is 1. The number of aromatic nitrogens is 3. The molecule has 0 unspecified atom stereocenters. The Morgan fingerprint density at radius 1 is 1.33 bits per heavy atom. The van der Waals surface area contributed by atoms with E-state index >= 15 is 0 Å². The first kappa shape index (κ1) is 7.09. The third-order valence-electron chi connectivity index (χ3n) is 1.70. The minimum atomic E-state index is -0.00523. The van der Waals surface area contributed by atoms with Crippen LogP contribution in [0.2, 0.25) is 0 Å². The highest BCUT2D eigenvalue weighted by molar-refractivity contribution is 5.62. The lowest BCUT2D eigenvalue weighted by Crippen LogP contribution is -1.91. The van der Waals surface area contributed by atoms with E-state index in [4.69, 9.17) is 0 Å². The summed E-state index contributed by atoms with van der Waals surface area (Å²) in [4.78, 5) is 11.0. The van der Waals surface area contributed by atoms with Gasteiger partial charge >= 0.3 is 0 Å². The average molecular weight is 163 g/mol. The third kappa shape index (κ3) is 0.922. The summed E-state index contributed by atoms with van der Waals surface area (Å²) in [5.74, 6) is 0.682. The molecule has 0 saturated heterocycles. The molecule has 2 aliphatic heterocycles. The molecule has 0 fully saturated rings. The summed E-state index contributed by atoms with van der Waals surface area (Å²) < 4.78 is 0. The summed E-state index contributed by atoms with van der Waals surface area (Å²) in [6.45, 7) is 3.67. The molecule has 0 atom stereocenters. The lowest BCUT2D eigenvalue weighted by atomic mass is 10.3. The molecule has 62 valence electrons. The molecule has 2 N–H and O–H groups in total. The molecule has 2 aliphatic rings. The van der Waals surface area contributed by atoms with Gasteiger partial charge in [-0.25, -0.2) is 4.98 Å². The number of H-pyrrole nitrogens is 1. The molecular weight excluding hydrogens is 154 g/mol. The molecule has 0 aromatic rings. The van der Waals surface area contributed by atoms with Crippen molar-refractivity contribution in [2.75, 3.05) is 0 Å². The topological polar surface area (TPSA) is 61.8 Å². The number of rotatable bonds is 0. The van der Waals surface area contributed by atoms with Gasteiger partial charge < -0.3 is 10.1 Å². The normalized spacial score (nSPS) is 10.8. The molecule has 0 radical (unpaired) electrons. The van der Waals surface area contributed by atoms with Gasteiger partial charge in [0, 0.05) is 5.69 Å². The highest BCUT2D eigenvalue weighted by Crippen LogP contribution is 2.26. The fourth-order valence-electron chi connectivity index (χ4n) is 1.25. The molecule has 0 aromatic carbocycles. The van der Waals surface area contributed by atoms with Crippen molar-refractivity contribution in [3.8, 4) is 17.3 Å². The lowest BCUT2D eigenvalue weighted by Gasteiger charge is -2.01. The zero-order valence-corrected chi connectivity index (χ0v) is 6.92. The summed E-state index contributed by atoms with van der Waals surface area (Å²) in [6, 6.07) is 1.88. The minimum Gasteiger partial charge on any atom is -0.492 e. The number of aromatic hydroxyl groups is 1. The van der Waals surface area contributed by atoms with Gasteiger partial charge in [0.15, 0.2) is 0 Å². The highest BCUT2D eigenvalue weighted by Gasteiger charge is 2.13. The van der Waals surface area contributed by atoms with Crippen molar-refractivity contribution in [1.29, 1.82) is 0 Å². The Morgan fingerprint density at radius 2 is 2.08 bits per heavy atom. The molecule has 0 bridgehead atoms. The Hall–Kier alpha value is -1.58. The van der Waals surface area contributed by atoms with Gasteiger partial charge in [0.25, 0.3) is 0 Å². The zero-order chi connectivity index (χ0) is 8.72. The summed E-state index contributed by atoms with van der Waals surface area (Å²) in [5, 5.41) is 9.37. The summed E-state index contributed by atoms with van der Waals surface area (Å²) in [5.41, 5.74) is 2.25. The third-order valence-corrected chi connectivity index (χ3v) is 1.70. The Balaban J connectivity index is 2.79. The van der Waals surface area contributed by atoms with Crippen molar-refractivity contribution < 1.29 is 5.11 Å². The van der Waals surface area contributed by atoms with Crippen molar-refractivity contribution >= 4 is 0 Å². The molecule has 2 heterocycles. The maximum Gasteiger partial charge on any atom is 0.241 e. The summed E-state index contributed by atoms with van der Waals surface area (Å²) >= 11 is 0. The van der Waals surface area contributed by atoms with Crippen molar-refractivity contribution in [2.45, 2.75) is 13.8 Å². The predicted octanol–water partition coefficient (Wildman–Crippen LogP) is 1.23. The Bertz CT molecular complexity index is 394. The lowest BCUT2D eigenvalue weighted by molar-refractivity contribution is 0.450. The number of nitrogens with one attached hydrogen (secondary N) is 1. The molecule has 4 heteroatoms. The number of aromatic amines is 1. The van der Waals surface area contributed by atoms with Crippen LogP contribution in [0.3, 0.4) is 0 Å². The van der Waals surface area contributed by atoms with Gasteiger partial charge in [-0.15, -0.1) is 0 Å². The minimum absolute atomic E-state index is 0.00523. The standard InChI is InChI=1S/C8H9N3O/c1-4-3-6-7(9-4)8(12)11-5(2)10-6/h3,12H,1-2H3,(H,10,11). The van der Waals surface area contributed by atoms with E-state index in [9.17, 15) is 5.11 Å². The fourth-order valence-corrected chi connectivity index (χ4v) is 1.25. The van der Waals surface area contributed by atoms with Crippen molar-refractivity contribution in [3.63, 3.8) is 0 Å². The van der Waals surface area contributed by atoms with Crippen LogP contribution in [-0.4, -0.2) is 20.1 Å². The molecule has 0 spiro atoms. The predicted molar refractivity (Wildman–Crippen MR) is 44.1 cm³/mol. The number of hydrogen-bond donors (Lipinski definition) is 2. The molecule has 0 aliphatic carbocycles. The highest BCUT2D eigenvalue weighted by atomic mass is 16.3. The molecule has 0 amide bonds. The van der Waals surface area contributed by atoms with Crippen LogP contribution in [0.1, 0.15) is 11.5 Å². The van der Waals surface area contributed by atoms with Crippen LogP contribution in [0.25, 0.3) is 11.4 Å². The molecule has 12 heavy (non-hydrogen) atoms. The van der Waals surface area contributed by atoms with Crippen LogP contribution >= 0.6 is 0 Å². The summed E-state index contributed by atoms with van der Waals surface area (Å²) in [7, 11) is 0. The van der Waals surface area contributed by atoms with E-state index in [0.29, 0.717) is 11.5 Å². The van der Waals surface area contributed by atoms with Gasteiger partial charge in [-0.2, -0.15) is 4.98 Å². The Labute approximate surface area is 69.6 Å². The van der Waals surface area contributed by atoms with Crippen LogP contribution in [-0.2, 0) is 0 Å². The van der Waals surface area contributed by atoms with Gasteiger partial charge in [-0.05, 0) is 19.9 Å². The van der Waals surface area contributed by atoms with E-state index in [1.165, 1.54) is 0 Å². The Kier molecular flexibility index (Phi) is 1.30. The van der Waals surface area contributed by atoms with Gasteiger partial charge in [0.1, 0.15) is 11.5 Å². The van der Waals surface area contributed by atoms with E-state index < -0.39 is 0 Å². The van der Waals surface area contributed by atoms with Crippen molar-refractivity contribution in [2.24, 2.45) is 0 Å². The van der Waals surface area contributed by atoms with Crippen molar-refractivity contribution in [1.82, 2.24) is 15.0 Å². The van der Waals surface area contributed by atoms with Crippen LogP contribution in [0.4, 0.5) is 0 Å². The number of nitrogens with zero attached hydrogens (tertiary/aromatic N) is 2. The van der Waals surface area contributed by atoms with Gasteiger partial charge in [0.05, 0.1) is 5.69 Å². The van der Waals surface area contributed by atoms with E-state index in [1.54, 1.807) is 6.92 Å².